The first-order valence-corrected chi connectivity index (χ1v) is 22.9. The number of ether oxygens (including phenoxy) is 3. The van der Waals surface area contributed by atoms with Gasteiger partial charge in [-0.15, -0.1) is 0 Å². The molecule has 0 aliphatic carbocycles. The highest BCUT2D eigenvalue weighted by Crippen LogP contribution is 2.51. The molecule has 0 saturated carbocycles. The quantitative estimate of drug-likeness (QED) is 0.0268. The number of rotatable bonds is 26. The van der Waals surface area contributed by atoms with Gasteiger partial charge in [-0.05, 0) is 91.3 Å². The van der Waals surface area contributed by atoms with E-state index in [0.29, 0.717) is 48.9 Å². The number of esters is 1. The zero-order valence-corrected chi connectivity index (χ0v) is 37.9. The van der Waals surface area contributed by atoms with Crippen LogP contribution in [0.4, 0.5) is 26.7 Å². The van der Waals surface area contributed by atoms with E-state index in [1.54, 1.807) is 0 Å². The Balaban J connectivity index is 1.22. The van der Waals surface area contributed by atoms with Gasteiger partial charge in [0.1, 0.15) is 0 Å². The maximum atomic E-state index is 13.4. The summed E-state index contributed by atoms with van der Waals surface area (Å²) in [5.41, 5.74) is 5.83. The average molecular weight is 874 g/mol. The molecule has 0 bridgehead atoms. The predicted octanol–water partition coefficient (Wildman–Crippen LogP) is 12.0. The Kier molecular flexibility index (Phi) is 21.0. The molecule has 13 nitrogen and oxygen atoms in total. The molecule has 4 aromatic rings. The number of carbonyl (C=O) groups excluding carboxylic acids is 3. The summed E-state index contributed by atoms with van der Waals surface area (Å²) in [7, 11) is -3.87. The van der Waals surface area contributed by atoms with E-state index >= 15 is 0 Å². The molecule has 0 heterocycles. The summed E-state index contributed by atoms with van der Waals surface area (Å²) in [5.74, 6) is 0.00394. The highest BCUT2D eigenvalue weighted by molar-refractivity contribution is 7.48. The summed E-state index contributed by atoms with van der Waals surface area (Å²) in [4.78, 5) is 40.7. The van der Waals surface area contributed by atoms with E-state index in [-0.39, 0.29) is 44.8 Å². The van der Waals surface area contributed by atoms with Gasteiger partial charge in [0.25, 0.3) is 0 Å². The first kappa shape index (κ1) is 49.5. The van der Waals surface area contributed by atoms with Crippen molar-refractivity contribution in [3.05, 3.63) is 125 Å². The van der Waals surface area contributed by atoms with Gasteiger partial charge in [-0.3, -0.25) is 18.4 Å². The number of unbranched alkanes of at least 4 members (excludes halogenated alkanes) is 2. The summed E-state index contributed by atoms with van der Waals surface area (Å²) in [5, 5.41) is 5.99. The molecule has 0 radical (unpaired) electrons. The number of phosphoric ester groups is 1. The van der Waals surface area contributed by atoms with Gasteiger partial charge in [0.05, 0.1) is 44.2 Å². The van der Waals surface area contributed by atoms with Crippen molar-refractivity contribution in [1.82, 2.24) is 0 Å². The normalized spacial score (nSPS) is 11.9. The number of carbonyl (C=O) groups is 3. The van der Waals surface area contributed by atoms with Crippen molar-refractivity contribution in [3.63, 3.8) is 0 Å². The van der Waals surface area contributed by atoms with Crippen molar-refractivity contribution in [2.75, 3.05) is 48.6 Å². The molecule has 0 aliphatic rings. The monoisotopic (exact) mass is 873 g/mol. The van der Waals surface area contributed by atoms with Gasteiger partial charge in [0.15, 0.2) is 0 Å². The number of nitrogens with zero attached hydrogens (tertiary/aromatic N) is 1. The number of hydrogen-bond acceptors (Lipinski definition) is 11. The van der Waals surface area contributed by atoms with Gasteiger partial charge < -0.3 is 29.7 Å². The second-order valence-electron chi connectivity index (χ2n) is 16.0. The molecule has 62 heavy (non-hydrogen) atoms. The molecular weight excluding hydrogens is 810 g/mol. The lowest BCUT2D eigenvalue weighted by Gasteiger charge is -2.31. The SMILES string of the molecule is CCC(CC(=O)OCOC(=O)OCCCCCOP(=O)(OCc1ccccc1)OCc1ccccc1)c1ccc(N(CC(C)C)CC(C)C)c(NC(=O)Nc2ccc(C)cc2)c1. The number of benzene rings is 4. The van der Waals surface area contributed by atoms with Crippen molar-refractivity contribution in [3.8, 4) is 0 Å². The van der Waals surface area contributed by atoms with E-state index in [1.165, 1.54) is 0 Å². The number of nitrogens with one attached hydrogen (secondary N) is 2. The molecule has 2 amide bonds. The van der Waals surface area contributed by atoms with Crippen molar-refractivity contribution in [2.24, 2.45) is 11.8 Å². The Labute approximate surface area is 367 Å². The Bertz CT molecular complexity index is 1940. The molecule has 4 aromatic carbocycles. The van der Waals surface area contributed by atoms with Crippen LogP contribution in [0.1, 0.15) is 94.9 Å². The first-order valence-electron chi connectivity index (χ1n) is 21.4. The standard InChI is InChI=1S/C48H64N3O10P/c1-7-41(42-23-26-45(51(31-36(2)3)32-37(4)5)44(29-42)50-47(53)49-43-24-21-38(6)22-25-43)30-46(52)57-35-58-48(54)56-27-15-10-16-28-59-62(55,60-33-39-17-11-8-12-18-39)61-34-40-19-13-9-14-20-40/h8-9,11-14,17-26,29,36-37,41H,7,10,15-16,27-28,30-35H2,1-6H3,(H2,49,50,53). The lowest BCUT2D eigenvalue weighted by atomic mass is 9.92. The minimum absolute atomic E-state index is 0.0363. The topological polar surface area (TPSA) is 151 Å². The zero-order valence-electron chi connectivity index (χ0n) is 37.0. The van der Waals surface area contributed by atoms with E-state index in [2.05, 4.69) is 43.2 Å². The molecular formula is C48H64N3O10P. The van der Waals surface area contributed by atoms with Crippen LogP contribution in [0.15, 0.2) is 103 Å². The fraction of sp³-hybridized carbons (Fsp3) is 0.438. The molecule has 2 N–H and O–H groups in total. The summed E-state index contributed by atoms with van der Waals surface area (Å²) in [6.07, 6.45) is 1.30. The molecule has 1 unspecified atom stereocenters. The van der Waals surface area contributed by atoms with Gasteiger partial charge >= 0.3 is 26.0 Å². The molecule has 0 spiro atoms. The lowest BCUT2D eigenvalue weighted by Crippen LogP contribution is -2.32. The highest BCUT2D eigenvalue weighted by Gasteiger charge is 2.27. The minimum Gasteiger partial charge on any atom is -0.434 e. The lowest BCUT2D eigenvalue weighted by molar-refractivity contribution is -0.153. The number of urea groups is 1. The van der Waals surface area contributed by atoms with Crippen LogP contribution in [0.5, 0.6) is 0 Å². The van der Waals surface area contributed by atoms with Crippen LogP contribution in [0, 0.1) is 18.8 Å². The van der Waals surface area contributed by atoms with Crippen LogP contribution >= 0.6 is 7.82 Å². The third-order valence-electron chi connectivity index (χ3n) is 9.59. The second-order valence-corrected chi connectivity index (χ2v) is 17.6. The number of aryl methyl sites for hydroxylation is 1. The average Bonchev–Trinajstić information content (AvgIpc) is 3.25. The molecule has 4 rings (SSSR count). The number of hydrogen-bond donors (Lipinski definition) is 2. The Morgan fingerprint density at radius 1 is 0.677 bits per heavy atom. The van der Waals surface area contributed by atoms with Crippen molar-refractivity contribution in [1.29, 1.82) is 0 Å². The van der Waals surface area contributed by atoms with Gasteiger partial charge in [0, 0.05) is 18.8 Å². The van der Waals surface area contributed by atoms with Gasteiger partial charge in [-0.25, -0.2) is 14.2 Å². The molecule has 0 fully saturated rings. The van der Waals surface area contributed by atoms with Crippen LogP contribution < -0.4 is 15.5 Å². The van der Waals surface area contributed by atoms with E-state index in [1.807, 2.05) is 117 Å². The van der Waals surface area contributed by atoms with Gasteiger partial charge in [-0.1, -0.05) is 119 Å². The number of amides is 2. The molecule has 14 heteroatoms. The smallest absolute Gasteiger partial charge is 0.434 e. The summed E-state index contributed by atoms with van der Waals surface area (Å²) >= 11 is 0. The molecule has 336 valence electrons. The van der Waals surface area contributed by atoms with Crippen LogP contribution in [0.3, 0.4) is 0 Å². The maximum absolute atomic E-state index is 13.4. The third kappa shape index (κ3) is 18.4. The van der Waals surface area contributed by atoms with Crippen molar-refractivity contribution >= 4 is 43.0 Å². The summed E-state index contributed by atoms with van der Waals surface area (Å²) in [6.45, 7) is 13.9. The van der Waals surface area contributed by atoms with Crippen LogP contribution in [0.2, 0.25) is 0 Å². The van der Waals surface area contributed by atoms with E-state index in [9.17, 15) is 18.9 Å². The van der Waals surface area contributed by atoms with E-state index in [0.717, 1.165) is 41.0 Å². The number of anilines is 3. The summed E-state index contributed by atoms with van der Waals surface area (Å²) in [6, 6.07) is 31.8. The molecule has 0 saturated heterocycles. The van der Waals surface area contributed by atoms with Crippen molar-refractivity contribution < 1.29 is 46.7 Å². The number of phosphoric acid groups is 1. The third-order valence-corrected chi connectivity index (χ3v) is 11.0. The predicted molar refractivity (Wildman–Crippen MR) is 243 cm³/mol. The zero-order chi connectivity index (χ0) is 44.7. The van der Waals surface area contributed by atoms with Crippen LogP contribution in [-0.2, 0) is 50.4 Å². The molecule has 0 aliphatic heterocycles. The minimum atomic E-state index is -3.87. The van der Waals surface area contributed by atoms with Gasteiger partial charge in [0.2, 0.25) is 6.79 Å². The second kappa shape index (κ2) is 26.3. The highest BCUT2D eigenvalue weighted by atomic mass is 31.2. The van der Waals surface area contributed by atoms with Crippen molar-refractivity contribution in [2.45, 2.75) is 92.8 Å². The summed E-state index contributed by atoms with van der Waals surface area (Å²) < 4.78 is 45.7. The van der Waals surface area contributed by atoms with Crippen LogP contribution in [0.25, 0.3) is 0 Å². The van der Waals surface area contributed by atoms with Crippen LogP contribution in [-0.4, -0.2) is 51.3 Å². The van der Waals surface area contributed by atoms with Gasteiger partial charge in [-0.2, -0.15) is 0 Å². The fourth-order valence-electron chi connectivity index (χ4n) is 6.48. The maximum Gasteiger partial charge on any atom is 0.511 e. The largest absolute Gasteiger partial charge is 0.511 e. The Hall–Kier alpha value is -5.20. The fourth-order valence-corrected chi connectivity index (χ4v) is 7.67. The first-order chi connectivity index (χ1) is 29.8. The molecule has 0 aromatic heterocycles. The molecule has 1 atom stereocenters. The Morgan fingerprint density at radius 2 is 1.27 bits per heavy atom. The van der Waals surface area contributed by atoms with E-state index < -0.39 is 26.7 Å². The Morgan fingerprint density at radius 3 is 1.85 bits per heavy atom. The van der Waals surface area contributed by atoms with E-state index in [4.69, 9.17) is 27.8 Å².